The summed E-state index contributed by atoms with van der Waals surface area (Å²) in [5.41, 5.74) is 1.45. The van der Waals surface area contributed by atoms with Gasteiger partial charge in [0.05, 0.1) is 12.7 Å². The lowest BCUT2D eigenvalue weighted by molar-refractivity contribution is -0.163. The highest BCUT2D eigenvalue weighted by atomic mass is 16.7. The van der Waals surface area contributed by atoms with Crippen LogP contribution in [-0.2, 0) is 23.7 Å². The second kappa shape index (κ2) is 19.9. The van der Waals surface area contributed by atoms with Gasteiger partial charge in [0.1, 0.15) is 5.75 Å². The molecule has 0 aromatic heterocycles. The van der Waals surface area contributed by atoms with Gasteiger partial charge in [0.2, 0.25) is 0 Å². The second-order valence-electron chi connectivity index (χ2n) is 11.9. The highest BCUT2D eigenvalue weighted by molar-refractivity contribution is 5.29. The molecule has 0 radical (unpaired) electrons. The van der Waals surface area contributed by atoms with Crippen molar-refractivity contribution in [3.05, 3.63) is 29.8 Å². The Kier molecular flexibility index (Phi) is 15.8. The summed E-state index contributed by atoms with van der Waals surface area (Å²) < 4.78 is 35.1. The van der Waals surface area contributed by atoms with Crippen LogP contribution in [0.4, 0.5) is 0 Å². The van der Waals surface area contributed by atoms with E-state index in [1.807, 2.05) is 0 Å². The number of hydrogen-bond acceptors (Lipinski definition) is 6. The van der Waals surface area contributed by atoms with E-state index in [0.29, 0.717) is 12.0 Å². The molecular formula is C34H56O6. The molecule has 3 aliphatic rings. The first-order valence-electron chi connectivity index (χ1n) is 16.7. The number of unbranched alkanes of at least 4 members (excludes halogenated alkanes) is 6. The normalized spacial score (nSPS) is 25.6. The summed E-state index contributed by atoms with van der Waals surface area (Å²) in [4.78, 5) is 0. The van der Waals surface area contributed by atoms with Crippen LogP contribution in [0.2, 0.25) is 0 Å². The van der Waals surface area contributed by atoms with Crippen LogP contribution >= 0.6 is 0 Å². The van der Waals surface area contributed by atoms with Crippen LogP contribution in [0.5, 0.6) is 5.75 Å². The molecule has 1 saturated carbocycles. The van der Waals surface area contributed by atoms with Crippen molar-refractivity contribution in [2.75, 3.05) is 39.6 Å². The Balaban J connectivity index is 0.949. The van der Waals surface area contributed by atoms with E-state index in [2.05, 4.69) is 24.3 Å². The van der Waals surface area contributed by atoms with E-state index in [1.165, 1.54) is 82.6 Å². The summed E-state index contributed by atoms with van der Waals surface area (Å²) >= 11 is 0. The van der Waals surface area contributed by atoms with Gasteiger partial charge >= 0.3 is 0 Å². The lowest BCUT2D eigenvalue weighted by atomic mass is 9.83. The summed E-state index contributed by atoms with van der Waals surface area (Å²) in [6.45, 7) is 5.05. The van der Waals surface area contributed by atoms with Gasteiger partial charge in [-0.25, -0.2) is 0 Å². The minimum atomic E-state index is 0.0433. The molecule has 3 fully saturated rings. The molecule has 0 amide bonds. The molecule has 1 aromatic rings. The van der Waals surface area contributed by atoms with Crippen molar-refractivity contribution in [1.82, 2.24) is 0 Å². The van der Waals surface area contributed by atoms with Gasteiger partial charge in [-0.2, -0.15) is 0 Å². The van der Waals surface area contributed by atoms with Crippen LogP contribution in [0.1, 0.15) is 127 Å². The monoisotopic (exact) mass is 560 g/mol. The molecule has 2 heterocycles. The zero-order chi connectivity index (χ0) is 27.5. The van der Waals surface area contributed by atoms with E-state index in [0.717, 1.165) is 83.9 Å². The molecule has 0 N–H and O–H groups in total. The number of ether oxygens (including phenoxy) is 6. The Morgan fingerprint density at radius 2 is 1.05 bits per heavy atom. The molecule has 2 atom stereocenters. The topological polar surface area (TPSA) is 55.4 Å². The Morgan fingerprint density at radius 1 is 0.525 bits per heavy atom. The maximum Gasteiger partial charge on any atom is 0.157 e. The number of hydrogen-bond donors (Lipinski definition) is 0. The summed E-state index contributed by atoms with van der Waals surface area (Å²) in [5, 5.41) is 0. The smallest absolute Gasteiger partial charge is 0.157 e. The van der Waals surface area contributed by atoms with Gasteiger partial charge in [0.25, 0.3) is 0 Å². The van der Waals surface area contributed by atoms with Crippen molar-refractivity contribution in [3.63, 3.8) is 0 Å². The van der Waals surface area contributed by atoms with Gasteiger partial charge in [-0.1, -0.05) is 31.4 Å². The standard InChI is InChI=1S/C34H56O6/c1(3-9-25-37-33-13-5-11-27-39-33)7-23-35-31-19-15-29(16-20-31)30-17-21-32(22-18-30)36-24-8-2-4-10-26-38-34-14-6-12-28-40-34/h15-16,19-20,30,32-34H,1-14,17-18,21-28H2/t30-,32-,33?,34?. The van der Waals surface area contributed by atoms with Gasteiger partial charge in [0.15, 0.2) is 12.6 Å². The largest absolute Gasteiger partial charge is 0.494 e. The summed E-state index contributed by atoms with van der Waals surface area (Å²) in [6, 6.07) is 8.86. The predicted molar refractivity (Wildman–Crippen MR) is 159 cm³/mol. The molecule has 2 unspecified atom stereocenters. The summed E-state index contributed by atoms with van der Waals surface area (Å²) in [5.74, 6) is 1.65. The van der Waals surface area contributed by atoms with Crippen LogP contribution in [-0.4, -0.2) is 58.3 Å². The second-order valence-corrected chi connectivity index (χ2v) is 11.9. The molecule has 40 heavy (non-hydrogen) atoms. The van der Waals surface area contributed by atoms with Crippen molar-refractivity contribution < 1.29 is 28.4 Å². The minimum absolute atomic E-state index is 0.0433. The molecule has 4 rings (SSSR count). The molecule has 1 aliphatic carbocycles. The molecular weight excluding hydrogens is 504 g/mol. The van der Waals surface area contributed by atoms with Gasteiger partial charge in [-0.3, -0.25) is 0 Å². The molecule has 0 bridgehead atoms. The van der Waals surface area contributed by atoms with Crippen LogP contribution < -0.4 is 4.74 Å². The van der Waals surface area contributed by atoms with Crippen LogP contribution in [0.25, 0.3) is 0 Å². The van der Waals surface area contributed by atoms with Crippen molar-refractivity contribution in [1.29, 1.82) is 0 Å². The van der Waals surface area contributed by atoms with Gasteiger partial charge in [0, 0.05) is 33.0 Å². The van der Waals surface area contributed by atoms with E-state index in [-0.39, 0.29) is 12.6 Å². The predicted octanol–water partition coefficient (Wildman–Crippen LogP) is 8.32. The van der Waals surface area contributed by atoms with Crippen molar-refractivity contribution in [2.45, 2.75) is 140 Å². The van der Waals surface area contributed by atoms with E-state index < -0.39 is 0 Å². The van der Waals surface area contributed by atoms with Crippen LogP contribution in [0, 0.1) is 0 Å². The molecule has 228 valence electrons. The third-order valence-electron chi connectivity index (χ3n) is 8.61. The molecule has 6 nitrogen and oxygen atoms in total. The van der Waals surface area contributed by atoms with Crippen LogP contribution in [0.3, 0.4) is 0 Å². The maximum atomic E-state index is 6.22. The van der Waals surface area contributed by atoms with Crippen LogP contribution in [0.15, 0.2) is 24.3 Å². The Bertz CT molecular complexity index is 735. The Morgan fingerprint density at radius 3 is 1.57 bits per heavy atom. The Hall–Kier alpha value is -1.18. The fraction of sp³-hybridized carbons (Fsp3) is 0.824. The number of benzene rings is 1. The molecule has 6 heteroatoms. The lowest BCUT2D eigenvalue weighted by Crippen LogP contribution is -2.22. The van der Waals surface area contributed by atoms with Crippen molar-refractivity contribution in [2.24, 2.45) is 0 Å². The average molecular weight is 561 g/mol. The highest BCUT2D eigenvalue weighted by Crippen LogP contribution is 2.34. The lowest BCUT2D eigenvalue weighted by Gasteiger charge is -2.29. The van der Waals surface area contributed by atoms with E-state index >= 15 is 0 Å². The fourth-order valence-corrected chi connectivity index (χ4v) is 6.07. The average Bonchev–Trinajstić information content (AvgIpc) is 3.01. The zero-order valence-electron chi connectivity index (χ0n) is 25.0. The molecule has 1 aromatic carbocycles. The van der Waals surface area contributed by atoms with Gasteiger partial charge in [-0.05, 0) is 120 Å². The number of rotatable bonds is 19. The van der Waals surface area contributed by atoms with E-state index in [1.54, 1.807) is 0 Å². The Labute approximate surface area is 243 Å². The third-order valence-corrected chi connectivity index (χ3v) is 8.61. The summed E-state index contributed by atoms with van der Waals surface area (Å²) in [7, 11) is 0. The maximum absolute atomic E-state index is 6.22. The summed E-state index contributed by atoms with van der Waals surface area (Å²) in [6.07, 6.45) is 21.6. The third kappa shape index (κ3) is 12.8. The minimum Gasteiger partial charge on any atom is -0.494 e. The SMILES string of the molecule is c1cc([C@H]2CC[C@H](OCCCCCCOC3CCCCO3)CC2)ccc1OCCCCCCOC1CCCCO1. The first kappa shape index (κ1) is 31.7. The first-order chi connectivity index (χ1) is 19.9. The molecule has 2 aliphatic heterocycles. The van der Waals surface area contributed by atoms with E-state index in [4.69, 9.17) is 28.4 Å². The fourth-order valence-electron chi connectivity index (χ4n) is 6.07. The quantitative estimate of drug-likeness (QED) is 0.159. The molecule has 2 saturated heterocycles. The highest BCUT2D eigenvalue weighted by Gasteiger charge is 2.23. The molecule has 0 spiro atoms. The van der Waals surface area contributed by atoms with Crippen molar-refractivity contribution >= 4 is 0 Å². The first-order valence-corrected chi connectivity index (χ1v) is 16.7. The van der Waals surface area contributed by atoms with Gasteiger partial charge in [-0.15, -0.1) is 0 Å². The van der Waals surface area contributed by atoms with Gasteiger partial charge < -0.3 is 28.4 Å². The zero-order valence-corrected chi connectivity index (χ0v) is 25.0. The van der Waals surface area contributed by atoms with Crippen molar-refractivity contribution in [3.8, 4) is 5.75 Å². The van der Waals surface area contributed by atoms with E-state index in [9.17, 15) is 0 Å².